The van der Waals surface area contributed by atoms with Crippen LogP contribution in [0.25, 0.3) is 0 Å². The van der Waals surface area contributed by atoms with Gasteiger partial charge >= 0.3 is 0 Å². The van der Waals surface area contributed by atoms with Gasteiger partial charge in [-0.15, -0.1) is 11.3 Å². The number of piperidine rings is 1. The maximum Gasteiger partial charge on any atom is 0.242 e. The van der Waals surface area contributed by atoms with Crippen LogP contribution in [-0.4, -0.2) is 80.2 Å². The monoisotopic (exact) mass is 338 g/mol. The van der Waals surface area contributed by atoms with Crippen LogP contribution in [0.2, 0.25) is 0 Å². The van der Waals surface area contributed by atoms with E-state index in [4.69, 9.17) is 4.74 Å². The highest BCUT2D eigenvalue weighted by Crippen LogP contribution is 2.20. The zero-order valence-electron chi connectivity index (χ0n) is 13.8. The molecule has 3 rings (SSSR count). The molecule has 0 aliphatic carbocycles. The van der Waals surface area contributed by atoms with E-state index < -0.39 is 0 Å². The second-order valence-electron chi connectivity index (χ2n) is 6.40. The maximum atomic E-state index is 12.3. The second kappa shape index (κ2) is 8.19. The molecule has 0 spiro atoms. The standard InChI is InChI=1S/C16H26N4O2S/c1-18(16-17-4-11-23-16)15(21)13-19-5-2-14(3-6-19)12-20-7-9-22-10-8-20/h4,11,14H,2-3,5-10,12-13H2,1H3. The van der Waals surface area contributed by atoms with Gasteiger partial charge in [-0.05, 0) is 31.8 Å². The van der Waals surface area contributed by atoms with Crippen molar-refractivity contribution in [2.45, 2.75) is 12.8 Å². The second-order valence-corrected chi connectivity index (χ2v) is 7.27. The Morgan fingerprint density at radius 3 is 2.70 bits per heavy atom. The molecule has 6 nitrogen and oxygen atoms in total. The number of likely N-dealkylation sites (tertiary alicyclic amines) is 1. The number of carbonyl (C=O) groups is 1. The zero-order valence-corrected chi connectivity index (χ0v) is 14.6. The van der Waals surface area contributed by atoms with Crippen molar-refractivity contribution in [3.05, 3.63) is 11.6 Å². The Bertz CT molecular complexity index is 482. The Morgan fingerprint density at radius 1 is 1.30 bits per heavy atom. The van der Waals surface area contributed by atoms with Crippen molar-refractivity contribution in [3.63, 3.8) is 0 Å². The fourth-order valence-electron chi connectivity index (χ4n) is 3.26. The summed E-state index contributed by atoms with van der Waals surface area (Å²) in [7, 11) is 1.81. The lowest BCUT2D eigenvalue weighted by molar-refractivity contribution is -0.119. The van der Waals surface area contributed by atoms with Crippen molar-refractivity contribution < 1.29 is 9.53 Å². The molecule has 2 aliphatic heterocycles. The normalized spacial score (nSPS) is 21.4. The minimum atomic E-state index is 0.131. The molecular formula is C16H26N4O2S. The Morgan fingerprint density at radius 2 is 2.04 bits per heavy atom. The average Bonchev–Trinajstić information content (AvgIpc) is 3.11. The van der Waals surface area contributed by atoms with Crippen LogP contribution in [-0.2, 0) is 9.53 Å². The van der Waals surface area contributed by atoms with Crippen LogP contribution in [0.1, 0.15) is 12.8 Å². The first-order valence-electron chi connectivity index (χ1n) is 8.41. The molecule has 0 saturated carbocycles. The Balaban J connectivity index is 1.39. The third-order valence-corrected chi connectivity index (χ3v) is 5.61. The first kappa shape index (κ1) is 16.8. The smallest absolute Gasteiger partial charge is 0.242 e. The number of aromatic nitrogens is 1. The fourth-order valence-corrected chi connectivity index (χ4v) is 3.89. The van der Waals surface area contributed by atoms with Crippen molar-refractivity contribution >= 4 is 22.4 Å². The molecule has 3 heterocycles. The summed E-state index contributed by atoms with van der Waals surface area (Å²) in [6.45, 7) is 7.60. The SMILES string of the molecule is CN(C(=O)CN1CCC(CN2CCOCC2)CC1)c1nccs1. The highest BCUT2D eigenvalue weighted by molar-refractivity contribution is 7.13. The number of hydrogen-bond donors (Lipinski definition) is 0. The van der Waals surface area contributed by atoms with Gasteiger partial charge in [0.05, 0.1) is 19.8 Å². The number of thiazole rings is 1. The number of carbonyl (C=O) groups excluding carboxylic acids is 1. The van der Waals surface area contributed by atoms with Crippen LogP contribution >= 0.6 is 11.3 Å². The van der Waals surface area contributed by atoms with Crippen molar-refractivity contribution in [1.29, 1.82) is 0 Å². The Labute approximate surface area is 142 Å². The number of amides is 1. The van der Waals surface area contributed by atoms with Crippen molar-refractivity contribution in [2.24, 2.45) is 5.92 Å². The average molecular weight is 338 g/mol. The van der Waals surface area contributed by atoms with Gasteiger partial charge in [0.25, 0.3) is 0 Å². The van der Waals surface area contributed by atoms with Gasteiger partial charge < -0.3 is 4.74 Å². The molecule has 2 saturated heterocycles. The molecule has 2 aliphatic rings. The minimum Gasteiger partial charge on any atom is -0.379 e. The molecule has 2 fully saturated rings. The predicted octanol–water partition coefficient (Wildman–Crippen LogP) is 1.15. The van der Waals surface area contributed by atoms with E-state index in [1.54, 1.807) is 11.1 Å². The van der Waals surface area contributed by atoms with Crippen LogP contribution in [0.5, 0.6) is 0 Å². The molecule has 23 heavy (non-hydrogen) atoms. The number of likely N-dealkylation sites (N-methyl/N-ethyl adjacent to an activating group) is 1. The molecule has 128 valence electrons. The van der Waals surface area contributed by atoms with E-state index in [0.29, 0.717) is 6.54 Å². The molecule has 0 bridgehead atoms. The van der Waals surface area contributed by atoms with Gasteiger partial charge in [0.1, 0.15) is 0 Å². The lowest BCUT2D eigenvalue weighted by Crippen LogP contribution is -2.45. The van der Waals surface area contributed by atoms with Crippen LogP contribution in [0.15, 0.2) is 11.6 Å². The van der Waals surface area contributed by atoms with Gasteiger partial charge in [-0.25, -0.2) is 4.98 Å². The highest BCUT2D eigenvalue weighted by Gasteiger charge is 2.24. The summed E-state index contributed by atoms with van der Waals surface area (Å²) in [6, 6.07) is 0. The van der Waals surface area contributed by atoms with Crippen LogP contribution in [0.4, 0.5) is 5.13 Å². The highest BCUT2D eigenvalue weighted by atomic mass is 32.1. The number of ether oxygens (including phenoxy) is 1. The van der Waals surface area contributed by atoms with Crippen LogP contribution < -0.4 is 4.90 Å². The van der Waals surface area contributed by atoms with Gasteiger partial charge in [-0.2, -0.15) is 0 Å². The van der Waals surface area contributed by atoms with E-state index in [2.05, 4.69) is 14.8 Å². The lowest BCUT2D eigenvalue weighted by atomic mass is 9.96. The van der Waals surface area contributed by atoms with E-state index >= 15 is 0 Å². The third kappa shape index (κ3) is 4.73. The summed E-state index contributed by atoms with van der Waals surface area (Å²) in [6.07, 6.45) is 4.11. The van der Waals surface area contributed by atoms with Gasteiger partial charge in [-0.1, -0.05) is 0 Å². The molecule has 1 amide bonds. The van der Waals surface area contributed by atoms with Crippen LogP contribution in [0.3, 0.4) is 0 Å². The third-order valence-electron chi connectivity index (χ3n) is 4.77. The number of morpholine rings is 1. The summed E-state index contributed by atoms with van der Waals surface area (Å²) in [5, 5.41) is 2.67. The predicted molar refractivity (Wildman–Crippen MR) is 91.9 cm³/mol. The summed E-state index contributed by atoms with van der Waals surface area (Å²) in [5.41, 5.74) is 0. The van der Waals surface area contributed by atoms with Crippen molar-refractivity contribution in [3.8, 4) is 0 Å². The maximum absolute atomic E-state index is 12.3. The first-order valence-corrected chi connectivity index (χ1v) is 9.29. The van der Waals surface area contributed by atoms with Gasteiger partial charge in [0.15, 0.2) is 5.13 Å². The van der Waals surface area contributed by atoms with E-state index in [-0.39, 0.29) is 5.91 Å². The zero-order chi connectivity index (χ0) is 16.1. The fraction of sp³-hybridized carbons (Fsp3) is 0.750. The summed E-state index contributed by atoms with van der Waals surface area (Å²) < 4.78 is 5.41. The first-order chi connectivity index (χ1) is 11.2. The molecule has 0 atom stereocenters. The van der Waals surface area contributed by atoms with Gasteiger partial charge in [0.2, 0.25) is 5.91 Å². The Hall–Kier alpha value is -1.02. The van der Waals surface area contributed by atoms with Crippen LogP contribution in [0, 0.1) is 5.92 Å². The molecule has 0 radical (unpaired) electrons. The number of hydrogen-bond acceptors (Lipinski definition) is 6. The summed E-state index contributed by atoms with van der Waals surface area (Å²) in [4.78, 5) is 23.0. The molecule has 1 aromatic heterocycles. The van der Waals surface area contributed by atoms with E-state index in [1.165, 1.54) is 30.7 Å². The van der Waals surface area contributed by atoms with E-state index in [9.17, 15) is 4.79 Å². The Kier molecular flexibility index (Phi) is 5.99. The summed E-state index contributed by atoms with van der Waals surface area (Å²) in [5.74, 6) is 0.891. The van der Waals surface area contributed by atoms with Gasteiger partial charge in [0, 0.05) is 38.3 Å². The molecule has 7 heteroatoms. The largest absolute Gasteiger partial charge is 0.379 e. The number of anilines is 1. The van der Waals surface area contributed by atoms with E-state index in [1.807, 2.05) is 12.4 Å². The van der Waals surface area contributed by atoms with Crippen molar-refractivity contribution in [1.82, 2.24) is 14.8 Å². The quantitative estimate of drug-likeness (QED) is 0.806. The topological polar surface area (TPSA) is 48.9 Å². The molecular weight excluding hydrogens is 312 g/mol. The van der Waals surface area contributed by atoms with Gasteiger partial charge in [-0.3, -0.25) is 19.5 Å². The molecule has 1 aromatic rings. The number of nitrogens with zero attached hydrogens (tertiary/aromatic N) is 4. The molecule has 0 N–H and O–H groups in total. The molecule has 0 unspecified atom stereocenters. The van der Waals surface area contributed by atoms with Crippen molar-refractivity contribution in [2.75, 3.05) is 64.4 Å². The number of rotatable bonds is 5. The molecule has 0 aromatic carbocycles. The minimum absolute atomic E-state index is 0.131. The summed E-state index contributed by atoms with van der Waals surface area (Å²) >= 11 is 1.50. The van der Waals surface area contributed by atoms with E-state index in [0.717, 1.165) is 50.4 Å². The lowest BCUT2D eigenvalue weighted by Gasteiger charge is -2.36.